The number of halogens is 1. The van der Waals surface area contributed by atoms with Crippen molar-refractivity contribution in [1.82, 2.24) is 15.5 Å². The summed E-state index contributed by atoms with van der Waals surface area (Å²) in [6, 6.07) is 15.0. The minimum Gasteiger partial charge on any atom is -0.368 e. The van der Waals surface area contributed by atoms with Gasteiger partial charge < -0.3 is 25.3 Å². The number of nitrogens with zero attached hydrogens (tertiary/aromatic N) is 4. The predicted octanol–water partition coefficient (Wildman–Crippen LogP) is 2.05. The summed E-state index contributed by atoms with van der Waals surface area (Å²) < 4.78 is 13.2. The van der Waals surface area contributed by atoms with Crippen molar-refractivity contribution < 1.29 is 9.18 Å². The van der Waals surface area contributed by atoms with Crippen LogP contribution in [-0.4, -0.2) is 69.1 Å². The third-order valence-electron chi connectivity index (χ3n) is 5.86. The van der Waals surface area contributed by atoms with Gasteiger partial charge in [-0.05, 0) is 48.9 Å². The zero-order valence-corrected chi connectivity index (χ0v) is 18.6. The van der Waals surface area contributed by atoms with E-state index in [-0.39, 0.29) is 11.7 Å². The van der Waals surface area contributed by atoms with E-state index in [1.807, 2.05) is 12.1 Å². The number of nitrogens with one attached hydrogen (secondary N) is 2. The van der Waals surface area contributed by atoms with Crippen LogP contribution in [0.1, 0.15) is 12.5 Å². The molecule has 1 amide bonds. The van der Waals surface area contributed by atoms with Gasteiger partial charge in [0.05, 0.1) is 13.1 Å². The Hall–Kier alpha value is -3.29. The molecule has 0 aliphatic carbocycles. The predicted molar refractivity (Wildman–Crippen MR) is 127 cm³/mol. The summed E-state index contributed by atoms with van der Waals surface area (Å²) in [6.07, 6.45) is 0. The molecule has 170 valence electrons. The second-order valence-corrected chi connectivity index (χ2v) is 8.06. The molecular formula is C24H31FN6O. The lowest BCUT2D eigenvalue weighted by molar-refractivity contribution is -0.120. The van der Waals surface area contributed by atoms with Crippen LogP contribution in [-0.2, 0) is 11.3 Å². The van der Waals surface area contributed by atoms with E-state index in [1.165, 1.54) is 12.1 Å². The number of carbonyl (C=O) groups excluding carboxylic acids is 1. The van der Waals surface area contributed by atoms with Gasteiger partial charge in [-0.15, -0.1) is 0 Å². The van der Waals surface area contributed by atoms with Crippen molar-refractivity contribution in [2.45, 2.75) is 13.5 Å². The summed E-state index contributed by atoms with van der Waals surface area (Å²) >= 11 is 0. The largest absolute Gasteiger partial charge is 0.368 e. The van der Waals surface area contributed by atoms with E-state index in [9.17, 15) is 9.18 Å². The first-order valence-electron chi connectivity index (χ1n) is 11.3. The first-order valence-corrected chi connectivity index (χ1v) is 11.3. The molecule has 0 atom stereocenters. The molecule has 7 nitrogen and oxygen atoms in total. The number of aliphatic imine (C=N–C) groups is 1. The van der Waals surface area contributed by atoms with Crippen LogP contribution >= 0.6 is 0 Å². The number of hydrogen-bond donors (Lipinski definition) is 2. The Bertz CT molecular complexity index is 923. The van der Waals surface area contributed by atoms with E-state index in [2.05, 4.69) is 56.5 Å². The molecule has 2 fully saturated rings. The molecule has 0 bridgehead atoms. The first-order chi connectivity index (χ1) is 15.6. The zero-order valence-electron chi connectivity index (χ0n) is 18.6. The van der Waals surface area contributed by atoms with E-state index in [4.69, 9.17) is 4.99 Å². The average Bonchev–Trinajstić information content (AvgIpc) is 2.83. The highest BCUT2D eigenvalue weighted by Crippen LogP contribution is 2.18. The molecule has 2 aromatic rings. The lowest BCUT2D eigenvalue weighted by Crippen LogP contribution is -2.52. The highest BCUT2D eigenvalue weighted by Gasteiger charge is 2.20. The minimum atomic E-state index is -0.205. The van der Waals surface area contributed by atoms with Crippen molar-refractivity contribution in [2.75, 3.05) is 62.2 Å². The van der Waals surface area contributed by atoms with Crippen LogP contribution in [0.25, 0.3) is 0 Å². The van der Waals surface area contributed by atoms with Gasteiger partial charge in [-0.3, -0.25) is 4.79 Å². The number of anilines is 2. The van der Waals surface area contributed by atoms with Crippen LogP contribution in [0.2, 0.25) is 0 Å². The molecular weight excluding hydrogens is 407 g/mol. The number of rotatable bonds is 5. The van der Waals surface area contributed by atoms with E-state index in [0.717, 1.165) is 62.2 Å². The summed E-state index contributed by atoms with van der Waals surface area (Å²) in [7, 11) is 0. The van der Waals surface area contributed by atoms with Gasteiger partial charge in [0.15, 0.2) is 5.96 Å². The lowest BCUT2D eigenvalue weighted by atomic mass is 10.2. The fourth-order valence-electron chi connectivity index (χ4n) is 4.09. The third-order valence-corrected chi connectivity index (χ3v) is 5.86. The molecule has 0 aromatic heterocycles. The standard InChI is InChI=1S/C24H31FN6O/c1-2-26-24(30-15-13-29(14-16-30)21-9-5-20(25)6-10-21)28-17-19-3-7-22(8-4-19)31-12-11-27-23(32)18-31/h3-10H,2,11-18H2,1H3,(H,26,28)(H,27,32). The van der Waals surface area contributed by atoms with Gasteiger partial charge in [-0.2, -0.15) is 0 Å². The summed E-state index contributed by atoms with van der Waals surface area (Å²) in [5.41, 5.74) is 3.26. The van der Waals surface area contributed by atoms with Crippen molar-refractivity contribution >= 4 is 23.2 Å². The van der Waals surface area contributed by atoms with Crippen LogP contribution in [0.3, 0.4) is 0 Å². The quantitative estimate of drug-likeness (QED) is 0.553. The molecule has 2 aliphatic rings. The van der Waals surface area contributed by atoms with Gasteiger partial charge in [0.25, 0.3) is 0 Å². The summed E-state index contributed by atoms with van der Waals surface area (Å²) in [6.45, 7) is 8.87. The maximum Gasteiger partial charge on any atom is 0.239 e. The minimum absolute atomic E-state index is 0.0692. The molecule has 0 saturated carbocycles. The average molecular weight is 439 g/mol. The molecule has 0 unspecified atom stereocenters. The summed E-state index contributed by atoms with van der Waals surface area (Å²) in [5.74, 6) is 0.783. The summed E-state index contributed by atoms with van der Waals surface area (Å²) in [5, 5.41) is 6.26. The first kappa shape index (κ1) is 21.9. The second kappa shape index (κ2) is 10.3. The number of carbonyl (C=O) groups is 1. The fourth-order valence-corrected chi connectivity index (χ4v) is 4.09. The highest BCUT2D eigenvalue weighted by molar-refractivity contribution is 5.82. The van der Waals surface area contributed by atoms with E-state index < -0.39 is 0 Å². The van der Waals surface area contributed by atoms with E-state index >= 15 is 0 Å². The zero-order chi connectivity index (χ0) is 22.3. The molecule has 2 heterocycles. The molecule has 2 N–H and O–H groups in total. The molecule has 32 heavy (non-hydrogen) atoms. The maximum atomic E-state index is 13.2. The normalized spacial score (nSPS) is 17.4. The highest BCUT2D eigenvalue weighted by atomic mass is 19.1. The van der Waals surface area contributed by atoms with Gasteiger partial charge in [0.1, 0.15) is 5.82 Å². The van der Waals surface area contributed by atoms with Crippen molar-refractivity contribution in [3.63, 3.8) is 0 Å². The number of guanidine groups is 1. The number of benzene rings is 2. The fraction of sp³-hybridized carbons (Fsp3) is 0.417. The Morgan fingerprint density at radius 3 is 2.28 bits per heavy atom. The second-order valence-electron chi connectivity index (χ2n) is 8.06. The molecule has 4 rings (SSSR count). The molecule has 2 saturated heterocycles. The van der Waals surface area contributed by atoms with Crippen molar-refractivity contribution in [1.29, 1.82) is 0 Å². The Morgan fingerprint density at radius 2 is 1.62 bits per heavy atom. The number of hydrogen-bond acceptors (Lipinski definition) is 4. The van der Waals surface area contributed by atoms with Crippen LogP contribution in [0.5, 0.6) is 0 Å². The van der Waals surface area contributed by atoms with Gasteiger partial charge >= 0.3 is 0 Å². The topological polar surface area (TPSA) is 63.2 Å². The van der Waals surface area contributed by atoms with Gasteiger partial charge in [-0.1, -0.05) is 12.1 Å². The monoisotopic (exact) mass is 438 g/mol. The Labute approximate surface area is 188 Å². The van der Waals surface area contributed by atoms with Crippen molar-refractivity contribution in [2.24, 2.45) is 4.99 Å². The Balaban J connectivity index is 1.35. The Kier molecular flexibility index (Phi) is 7.09. The smallest absolute Gasteiger partial charge is 0.239 e. The van der Waals surface area contributed by atoms with Crippen LogP contribution < -0.4 is 20.4 Å². The van der Waals surface area contributed by atoms with Crippen molar-refractivity contribution in [3.05, 3.63) is 59.9 Å². The van der Waals surface area contributed by atoms with E-state index in [1.54, 1.807) is 0 Å². The van der Waals surface area contributed by atoms with Crippen LogP contribution in [0, 0.1) is 5.82 Å². The molecule has 0 radical (unpaired) electrons. The molecule has 2 aromatic carbocycles. The molecule has 0 spiro atoms. The summed E-state index contributed by atoms with van der Waals surface area (Å²) in [4.78, 5) is 23.1. The molecule has 2 aliphatic heterocycles. The maximum absolute atomic E-state index is 13.2. The van der Waals surface area contributed by atoms with Crippen molar-refractivity contribution in [3.8, 4) is 0 Å². The van der Waals surface area contributed by atoms with Crippen LogP contribution in [0.4, 0.5) is 15.8 Å². The lowest BCUT2D eigenvalue weighted by Gasteiger charge is -2.37. The van der Waals surface area contributed by atoms with Gasteiger partial charge in [0, 0.05) is 57.2 Å². The number of piperazine rings is 2. The SMILES string of the molecule is CCNC(=NCc1ccc(N2CCNC(=O)C2)cc1)N1CCN(c2ccc(F)cc2)CC1. The Morgan fingerprint density at radius 1 is 0.969 bits per heavy atom. The third kappa shape index (κ3) is 5.49. The number of amides is 1. The van der Waals surface area contributed by atoms with Gasteiger partial charge in [-0.25, -0.2) is 9.38 Å². The van der Waals surface area contributed by atoms with Gasteiger partial charge in [0.2, 0.25) is 5.91 Å². The van der Waals surface area contributed by atoms with Crippen LogP contribution in [0.15, 0.2) is 53.5 Å². The molecule has 8 heteroatoms. The van der Waals surface area contributed by atoms with E-state index in [0.29, 0.717) is 19.6 Å².